The number of aromatic hydroxyl groups is 1. The fraction of sp³-hybridized carbons (Fsp3) is 0.400. The summed E-state index contributed by atoms with van der Waals surface area (Å²) < 4.78 is 47.9. The van der Waals surface area contributed by atoms with Gasteiger partial charge in [0.25, 0.3) is 0 Å². The van der Waals surface area contributed by atoms with Crippen LogP contribution in [0, 0.1) is 10.8 Å². The summed E-state index contributed by atoms with van der Waals surface area (Å²) in [6, 6.07) is 25.3. The molecule has 0 spiro atoms. The van der Waals surface area contributed by atoms with Crippen molar-refractivity contribution in [2.75, 3.05) is 39.5 Å². The van der Waals surface area contributed by atoms with Crippen molar-refractivity contribution in [1.82, 2.24) is 20.4 Å². The summed E-state index contributed by atoms with van der Waals surface area (Å²) in [7, 11) is 0. The molecule has 2 aliphatic heterocycles. The Kier molecular flexibility index (Phi) is 25.9. The van der Waals surface area contributed by atoms with Crippen LogP contribution in [0.25, 0.3) is 0 Å². The number of alkyl carbamates (subject to hydrolysis) is 2. The van der Waals surface area contributed by atoms with Gasteiger partial charge in [0.15, 0.2) is 0 Å². The van der Waals surface area contributed by atoms with Crippen LogP contribution >= 0.6 is 0 Å². The molecule has 4 atom stereocenters. The van der Waals surface area contributed by atoms with Crippen molar-refractivity contribution in [2.45, 2.75) is 117 Å². The number of aliphatic hydroxyl groups excluding tert-OH is 1. The summed E-state index contributed by atoms with van der Waals surface area (Å²) in [5.74, 6) is 0.446. The van der Waals surface area contributed by atoms with E-state index >= 15 is 0 Å². The van der Waals surface area contributed by atoms with Gasteiger partial charge in [0.05, 0.1) is 32.4 Å². The van der Waals surface area contributed by atoms with Crippen molar-refractivity contribution in [3.63, 3.8) is 0 Å². The number of benzene rings is 4. The molecular formula is C60H76N6O17. The van der Waals surface area contributed by atoms with Gasteiger partial charge in [0.2, 0.25) is 0 Å². The molecule has 0 radical (unpaired) electrons. The number of hydrogen-bond donors (Lipinski definition) is 6. The predicted molar refractivity (Wildman–Crippen MR) is 305 cm³/mol. The number of aliphatic hydroxyl groups is 1. The van der Waals surface area contributed by atoms with Gasteiger partial charge in [-0.25, -0.2) is 28.8 Å². The van der Waals surface area contributed by atoms with E-state index in [0.29, 0.717) is 30.1 Å². The first kappa shape index (κ1) is 66.4. The monoisotopic (exact) mass is 1150 g/mol. The molecule has 4 aromatic carbocycles. The smallest absolute Gasteiger partial charge is 0.413 e. The Bertz CT molecular complexity index is 2850. The first-order valence-electron chi connectivity index (χ1n) is 26.6. The maximum atomic E-state index is 12.8. The van der Waals surface area contributed by atoms with Crippen molar-refractivity contribution >= 4 is 48.0 Å². The van der Waals surface area contributed by atoms with Crippen LogP contribution in [0.2, 0.25) is 0 Å². The van der Waals surface area contributed by atoms with Gasteiger partial charge in [-0.05, 0) is 115 Å². The lowest BCUT2D eigenvalue weighted by atomic mass is 10.1. The number of amides is 4. The minimum absolute atomic E-state index is 0.0167. The molecule has 23 heteroatoms. The third-order valence-electron chi connectivity index (χ3n) is 11.3. The highest BCUT2D eigenvalue weighted by Crippen LogP contribution is 2.28. The number of phenols is 1. The van der Waals surface area contributed by atoms with E-state index < -0.39 is 71.8 Å². The quantitative estimate of drug-likeness (QED) is 0.0178. The highest BCUT2D eigenvalue weighted by atomic mass is 16.6. The van der Waals surface area contributed by atoms with E-state index in [-0.39, 0.29) is 69.8 Å². The summed E-state index contributed by atoms with van der Waals surface area (Å²) in [5, 5.41) is 39.8. The number of carbonyl (C=O) groups is 6. The van der Waals surface area contributed by atoms with Gasteiger partial charge < -0.3 is 52.8 Å². The molecule has 2 saturated heterocycles. The zero-order valence-electron chi connectivity index (χ0n) is 48.1. The third-order valence-corrected chi connectivity index (χ3v) is 11.3. The summed E-state index contributed by atoms with van der Waals surface area (Å²) in [6.45, 7) is 22.8. The van der Waals surface area contributed by atoms with Gasteiger partial charge in [-0.15, -0.1) is 0 Å². The van der Waals surface area contributed by atoms with Gasteiger partial charge in [-0.1, -0.05) is 73.8 Å². The summed E-state index contributed by atoms with van der Waals surface area (Å²) in [4.78, 5) is 75.7. The van der Waals surface area contributed by atoms with Crippen molar-refractivity contribution in [2.24, 2.45) is 0 Å². The number of ether oxygens (including phenoxy) is 9. The maximum Gasteiger partial charge on any atom is 0.413 e. The number of nitrogens with one attached hydrogen (secondary N) is 4. The van der Waals surface area contributed by atoms with Crippen molar-refractivity contribution in [3.05, 3.63) is 145 Å². The number of esters is 2. The molecular weight excluding hydrogens is 1080 g/mol. The lowest BCUT2D eigenvalue weighted by molar-refractivity contribution is -0.148. The Hall–Kier alpha value is -9.12. The Morgan fingerprint density at radius 1 is 0.602 bits per heavy atom. The Morgan fingerprint density at radius 2 is 1.04 bits per heavy atom. The molecule has 0 bridgehead atoms. The Labute approximate surface area is 483 Å². The number of carbonyl (C=O) groups excluding carboxylic acids is 6. The van der Waals surface area contributed by atoms with E-state index in [9.17, 15) is 39.0 Å². The van der Waals surface area contributed by atoms with Crippen LogP contribution in [-0.4, -0.2) is 143 Å². The number of β-amino-alcohol motifs (C(OH)–C–C–N with tert-alkyl or cyclic N) is 1. The number of likely N-dealkylation sites (tertiary alicyclic amines) is 2. The van der Waals surface area contributed by atoms with Gasteiger partial charge in [-0.2, -0.15) is 0 Å². The molecule has 0 aromatic heterocycles. The molecule has 2 aliphatic rings. The topological polar surface area (TPSA) is 304 Å². The number of nitrogens with zero attached hydrogens (tertiary/aromatic N) is 2. The van der Waals surface area contributed by atoms with Crippen LogP contribution < -0.4 is 24.8 Å². The number of phenolic OH excluding ortho intramolecular Hbond substituents is 1. The van der Waals surface area contributed by atoms with Crippen LogP contribution in [0.4, 0.5) is 19.2 Å². The fourth-order valence-corrected chi connectivity index (χ4v) is 7.66. The maximum absolute atomic E-state index is 12.8. The summed E-state index contributed by atoms with van der Waals surface area (Å²) >= 11 is 0. The second-order valence-corrected chi connectivity index (χ2v) is 20.4. The third kappa shape index (κ3) is 23.5. The van der Waals surface area contributed by atoms with Crippen LogP contribution in [0.15, 0.2) is 122 Å². The second-order valence-electron chi connectivity index (χ2n) is 20.4. The van der Waals surface area contributed by atoms with Crippen LogP contribution in [0.3, 0.4) is 0 Å². The molecule has 0 saturated carbocycles. The van der Waals surface area contributed by atoms with Crippen LogP contribution in [0.5, 0.6) is 23.0 Å². The van der Waals surface area contributed by atoms with E-state index in [1.807, 2.05) is 13.8 Å². The van der Waals surface area contributed by atoms with Gasteiger partial charge in [0.1, 0.15) is 90.5 Å². The lowest BCUT2D eigenvalue weighted by Crippen LogP contribution is -2.44. The lowest BCUT2D eigenvalue weighted by Gasteiger charge is -2.27. The molecule has 2 fully saturated rings. The molecule has 23 nitrogen and oxygen atoms in total. The minimum atomic E-state index is -0.886. The molecule has 0 aliphatic carbocycles. The highest BCUT2D eigenvalue weighted by Gasteiger charge is 2.44. The number of hydrogen-bond acceptors (Lipinski definition) is 19. The average molecular weight is 1150 g/mol. The second kappa shape index (κ2) is 32.4. The van der Waals surface area contributed by atoms with E-state index in [2.05, 4.69) is 23.8 Å². The van der Waals surface area contributed by atoms with E-state index in [1.165, 1.54) is 34.1 Å². The summed E-state index contributed by atoms with van der Waals surface area (Å²) in [5.41, 5.74) is 0.956. The Balaban J connectivity index is 0.000000296. The van der Waals surface area contributed by atoms with Gasteiger partial charge in [0, 0.05) is 24.0 Å². The predicted octanol–water partition coefficient (Wildman–Crippen LogP) is 8.95. The fourth-order valence-electron chi connectivity index (χ4n) is 7.66. The molecule has 6 rings (SSSR count). The zero-order chi connectivity index (χ0) is 61.3. The number of amidine groups is 2. The van der Waals surface area contributed by atoms with E-state index in [0.717, 1.165) is 22.6 Å². The van der Waals surface area contributed by atoms with Gasteiger partial charge >= 0.3 is 36.3 Å². The summed E-state index contributed by atoms with van der Waals surface area (Å²) in [6.07, 6.45) is -0.815. The van der Waals surface area contributed by atoms with E-state index in [1.54, 1.807) is 126 Å². The van der Waals surface area contributed by atoms with Crippen molar-refractivity contribution in [3.8, 4) is 23.0 Å². The van der Waals surface area contributed by atoms with E-state index in [4.69, 9.17) is 53.5 Å². The molecule has 6 N–H and O–H groups in total. The molecule has 1 unspecified atom stereocenters. The molecule has 4 amide bonds. The highest BCUT2D eigenvalue weighted by molar-refractivity contribution is 6.05. The van der Waals surface area contributed by atoms with Crippen molar-refractivity contribution in [1.29, 1.82) is 10.8 Å². The largest absolute Gasteiger partial charge is 0.508 e. The Morgan fingerprint density at radius 3 is 1.47 bits per heavy atom. The normalized spacial score (nSPS) is 16.1. The standard InChI is InChI=1S/C30H37N3O8.C17H18N2O4.C13H21NO5/c1-6-15-38-27(34)25-17-24(18-33(25)29(36)41-30(3,4)5)40-23-10-8-9-21(16-23)26(31)32-28(35)39-19-20-11-13-22(14-12-20)37-7-2;1-2-22-15-8-6-12(7-9-15)11-23-17(21)19-16(18)13-4-3-5-14(20)10-13;1-5-6-18-11(16)10-7-9(15)8-14(10)12(17)19-13(2,3)4/h6,8-14,16,24-25H,1,7,15,17-19H2,2-5H3,(H2,31,32,35);3-10,20H,2,11H2,1H3,(H2,18,19,21);5,9-10,15H,1,6-8H2,2-4H3/t24-,25+;;9-,10?/m0.0/s1. The van der Waals surface area contributed by atoms with Crippen molar-refractivity contribution < 1.29 is 81.6 Å². The zero-order valence-corrected chi connectivity index (χ0v) is 48.1. The van der Waals surface area contributed by atoms with Crippen LogP contribution in [-0.2, 0) is 51.2 Å². The molecule has 2 heterocycles. The average Bonchev–Trinajstić information content (AvgIpc) is 4.24. The SMILES string of the molecule is C=CCOC(=O)C1C[C@H](O)CN1C(=O)OC(C)(C)C.C=CCOC(=O)[C@H]1C[C@H](Oc2cccc(C(=N)NC(=O)OCc3ccc(OCC)cc3)c2)CN1C(=O)OC(C)(C)C.CCOc1ccc(COC(=O)NC(=N)c2cccc(O)c2)cc1. The first-order chi connectivity index (χ1) is 39.3. The minimum Gasteiger partial charge on any atom is -0.508 e. The van der Waals surface area contributed by atoms with Crippen LogP contribution in [0.1, 0.15) is 90.5 Å². The molecule has 448 valence electrons. The molecule has 83 heavy (non-hydrogen) atoms. The molecule has 4 aromatic rings. The number of rotatable bonds is 18. The first-order valence-corrected chi connectivity index (χ1v) is 26.6. The van der Waals surface area contributed by atoms with Gasteiger partial charge in [-0.3, -0.25) is 31.3 Å².